The third-order valence-corrected chi connectivity index (χ3v) is 6.85. The molecule has 1 aliphatic carbocycles. The first-order chi connectivity index (χ1) is 16.4. The van der Waals surface area contributed by atoms with Crippen LogP contribution in [0.3, 0.4) is 0 Å². The van der Waals surface area contributed by atoms with Crippen LogP contribution in [-0.4, -0.2) is 46.6 Å². The number of carbonyl (C=O) groups excluding carboxylic acids is 2. The quantitative estimate of drug-likeness (QED) is 0.255. The molecule has 35 heavy (non-hydrogen) atoms. The number of nitrogens with one attached hydrogen (secondary N) is 3. The topological polar surface area (TPSA) is 109 Å². The lowest BCUT2D eigenvalue weighted by Gasteiger charge is -2.52. The Bertz CT molecular complexity index is 1000. The molecule has 9 heteroatoms. The van der Waals surface area contributed by atoms with E-state index in [1.54, 1.807) is 6.92 Å². The molecule has 1 saturated carbocycles. The Labute approximate surface area is 212 Å². The summed E-state index contributed by atoms with van der Waals surface area (Å²) >= 11 is 5.29. The molecule has 0 amide bonds. The first-order valence-corrected chi connectivity index (χ1v) is 12.0. The number of thiocarbonyl (C=S) groups is 1. The maximum absolute atomic E-state index is 13.6. The molecule has 1 saturated heterocycles. The molecule has 0 radical (unpaired) electrons. The van der Waals surface area contributed by atoms with Gasteiger partial charge in [0.05, 0.1) is 11.5 Å². The highest BCUT2D eigenvalue weighted by Gasteiger charge is 2.65. The minimum atomic E-state index is -1.57. The van der Waals surface area contributed by atoms with E-state index in [2.05, 4.69) is 50.1 Å². The predicted octanol–water partition coefficient (Wildman–Crippen LogP) is 2.59. The normalized spacial score (nSPS) is 30.2. The fourth-order valence-corrected chi connectivity index (χ4v) is 5.38. The number of hydrogen-bond donors (Lipinski definition) is 4. The van der Waals surface area contributed by atoms with Gasteiger partial charge in [-0.3, -0.25) is 15.0 Å². The monoisotopic (exact) mass is 501 g/mol. The van der Waals surface area contributed by atoms with Gasteiger partial charge in [-0.15, -0.1) is 0 Å². The van der Waals surface area contributed by atoms with Crippen LogP contribution in [0.25, 0.3) is 0 Å². The van der Waals surface area contributed by atoms with Gasteiger partial charge in [-0.2, -0.15) is 0 Å². The molecular formula is C26H35N3O5S. The molecule has 1 aliphatic heterocycles. The van der Waals surface area contributed by atoms with Gasteiger partial charge < -0.3 is 19.9 Å². The summed E-state index contributed by atoms with van der Waals surface area (Å²) in [6, 6.07) is 7.73. The lowest BCUT2D eigenvalue weighted by Crippen LogP contribution is -2.70. The lowest BCUT2D eigenvalue weighted by molar-refractivity contribution is -0.179. The van der Waals surface area contributed by atoms with Crippen molar-refractivity contribution in [2.45, 2.75) is 56.7 Å². The summed E-state index contributed by atoms with van der Waals surface area (Å²) in [5.41, 5.74) is 4.83. The van der Waals surface area contributed by atoms with Crippen molar-refractivity contribution in [2.24, 2.45) is 11.8 Å². The zero-order valence-electron chi connectivity index (χ0n) is 20.7. The Hall–Kier alpha value is -2.75. The first-order valence-electron chi connectivity index (χ1n) is 11.6. The molecule has 4 N–H and O–H groups in total. The van der Waals surface area contributed by atoms with Gasteiger partial charge in [0.1, 0.15) is 24.8 Å². The summed E-state index contributed by atoms with van der Waals surface area (Å²) in [6.45, 7) is 15.1. The molecule has 1 spiro atoms. The van der Waals surface area contributed by atoms with Gasteiger partial charge >= 0.3 is 11.9 Å². The van der Waals surface area contributed by atoms with Crippen molar-refractivity contribution < 1.29 is 24.2 Å². The van der Waals surface area contributed by atoms with Crippen LogP contribution in [-0.2, 0) is 24.5 Å². The third kappa shape index (κ3) is 5.42. The molecule has 0 unspecified atom stereocenters. The number of rotatable bonds is 7. The second kappa shape index (κ2) is 10.1. The highest BCUT2D eigenvalue weighted by atomic mass is 32.1. The van der Waals surface area contributed by atoms with Crippen molar-refractivity contribution in [3.05, 3.63) is 60.7 Å². The minimum absolute atomic E-state index is 0.000933. The average Bonchev–Trinajstić information content (AvgIpc) is 3.14. The van der Waals surface area contributed by atoms with Crippen LogP contribution in [0.5, 0.6) is 0 Å². The van der Waals surface area contributed by atoms with E-state index in [-0.39, 0.29) is 30.2 Å². The molecule has 1 aromatic rings. The van der Waals surface area contributed by atoms with Gasteiger partial charge in [-0.05, 0) is 35.7 Å². The van der Waals surface area contributed by atoms with Gasteiger partial charge in [0.25, 0.3) is 0 Å². The van der Waals surface area contributed by atoms with E-state index in [4.69, 9.17) is 21.7 Å². The van der Waals surface area contributed by atoms with E-state index >= 15 is 0 Å². The second-order valence-electron chi connectivity index (χ2n) is 10.4. The maximum Gasteiger partial charge on any atom is 0.313 e. The Morgan fingerprint density at radius 3 is 2.11 bits per heavy atom. The van der Waals surface area contributed by atoms with E-state index < -0.39 is 41.0 Å². The van der Waals surface area contributed by atoms with Crippen molar-refractivity contribution in [2.75, 3.05) is 13.2 Å². The van der Waals surface area contributed by atoms with Crippen molar-refractivity contribution in [3.8, 4) is 0 Å². The summed E-state index contributed by atoms with van der Waals surface area (Å²) in [7, 11) is 0. The second-order valence-corrected chi connectivity index (χ2v) is 10.8. The molecule has 8 nitrogen and oxygen atoms in total. The number of carbonyl (C=O) groups is 2. The molecule has 1 aromatic carbocycles. The summed E-state index contributed by atoms with van der Waals surface area (Å²) in [5, 5.41) is 15.1. The SMILES string of the molecule is C=CCOC(=O)[C@@H]1[C@H](c2ccc(C(C)(C)C)cc2)[C@H](C(=O)OCC=C)[C@@](C)(O)C[C@@]12NNC(=S)N2. The van der Waals surface area contributed by atoms with Crippen molar-refractivity contribution >= 4 is 29.3 Å². The Kier molecular flexibility index (Phi) is 7.74. The molecule has 0 aromatic heterocycles. The van der Waals surface area contributed by atoms with E-state index in [1.807, 2.05) is 24.3 Å². The summed E-state index contributed by atoms with van der Waals surface area (Å²) in [6.07, 6.45) is 2.92. The largest absolute Gasteiger partial charge is 0.461 e. The zero-order chi connectivity index (χ0) is 26.0. The van der Waals surface area contributed by atoms with Crippen LogP contribution in [0.1, 0.15) is 51.2 Å². The molecule has 3 rings (SSSR count). The van der Waals surface area contributed by atoms with Crippen molar-refractivity contribution in [1.82, 2.24) is 16.2 Å². The fraction of sp³-hybridized carbons (Fsp3) is 0.500. The molecule has 0 bridgehead atoms. The summed E-state index contributed by atoms with van der Waals surface area (Å²) in [4.78, 5) is 26.9. The number of esters is 2. The Balaban J connectivity index is 2.20. The number of aliphatic hydroxyl groups is 1. The van der Waals surface area contributed by atoms with E-state index in [0.717, 1.165) is 5.56 Å². The highest BCUT2D eigenvalue weighted by Crippen LogP contribution is 2.52. The fourth-order valence-electron chi connectivity index (χ4n) is 5.15. The summed E-state index contributed by atoms with van der Waals surface area (Å²) in [5.74, 6) is -3.99. The van der Waals surface area contributed by atoms with Crippen molar-refractivity contribution in [1.29, 1.82) is 0 Å². The van der Waals surface area contributed by atoms with Crippen LogP contribution >= 0.6 is 12.2 Å². The maximum atomic E-state index is 13.6. The molecule has 5 atom stereocenters. The van der Waals surface area contributed by atoms with Gasteiger partial charge in [-0.25, -0.2) is 5.43 Å². The van der Waals surface area contributed by atoms with Gasteiger partial charge in [-0.1, -0.05) is 70.3 Å². The molecule has 1 heterocycles. The number of benzene rings is 1. The van der Waals surface area contributed by atoms with E-state index in [0.29, 0.717) is 5.56 Å². The molecule has 190 valence electrons. The highest BCUT2D eigenvalue weighted by molar-refractivity contribution is 7.80. The van der Waals surface area contributed by atoms with E-state index in [1.165, 1.54) is 12.2 Å². The van der Waals surface area contributed by atoms with Gasteiger partial charge in [0.15, 0.2) is 5.11 Å². The minimum Gasteiger partial charge on any atom is -0.461 e. The van der Waals surface area contributed by atoms with Gasteiger partial charge in [0, 0.05) is 12.3 Å². The van der Waals surface area contributed by atoms with Crippen LogP contribution < -0.4 is 16.2 Å². The van der Waals surface area contributed by atoms with Crippen LogP contribution in [0.4, 0.5) is 0 Å². The third-order valence-electron chi connectivity index (χ3n) is 6.65. The Morgan fingerprint density at radius 2 is 1.66 bits per heavy atom. The van der Waals surface area contributed by atoms with Crippen molar-refractivity contribution in [3.63, 3.8) is 0 Å². The molecular weight excluding hydrogens is 466 g/mol. The summed E-state index contributed by atoms with van der Waals surface area (Å²) < 4.78 is 10.9. The number of hydrogen-bond acceptors (Lipinski definition) is 7. The van der Waals surface area contributed by atoms with Crippen LogP contribution in [0.2, 0.25) is 0 Å². The van der Waals surface area contributed by atoms with Crippen LogP contribution in [0.15, 0.2) is 49.6 Å². The number of hydrazine groups is 1. The van der Waals surface area contributed by atoms with E-state index in [9.17, 15) is 14.7 Å². The average molecular weight is 502 g/mol. The smallest absolute Gasteiger partial charge is 0.313 e. The number of ether oxygens (including phenoxy) is 2. The lowest BCUT2D eigenvalue weighted by atomic mass is 9.58. The molecule has 2 aliphatic rings. The first kappa shape index (κ1) is 26.8. The molecule has 2 fully saturated rings. The standard InChI is InChI=1S/C26H35N3O5S/c1-7-13-33-21(30)19-18(16-9-11-17(12-10-16)24(3,4)5)20(22(31)34-14-8-2)26(15-25(19,6)32)27-23(35)28-29-26/h7-12,18-20,29,32H,1-2,13-15H2,3-6H3,(H2,27,28,35)/t18-,19-,20+,25+,26-/m1/s1. The zero-order valence-corrected chi connectivity index (χ0v) is 21.5. The predicted molar refractivity (Wildman–Crippen MR) is 137 cm³/mol. The van der Waals surface area contributed by atoms with Crippen LogP contribution in [0, 0.1) is 11.8 Å². The Morgan fingerprint density at radius 1 is 1.11 bits per heavy atom. The van der Waals surface area contributed by atoms with Gasteiger partial charge in [0.2, 0.25) is 0 Å².